The Morgan fingerprint density at radius 2 is 1.74 bits per heavy atom. The zero-order valence-electron chi connectivity index (χ0n) is 9.62. The summed E-state index contributed by atoms with van der Waals surface area (Å²) in [5.74, 6) is -1.96. The molecule has 0 bridgehead atoms. The number of amides is 1. The number of aromatic hydroxyl groups is 2. The number of rotatable bonds is 4. The number of alkyl halides is 4. The van der Waals surface area contributed by atoms with Crippen LogP contribution in [0.25, 0.3) is 0 Å². The summed E-state index contributed by atoms with van der Waals surface area (Å²) in [6.45, 7) is -1.74. The average Bonchev–Trinajstić information content (AvgIpc) is 2.24. The number of halogens is 4. The number of hydrogen-bond donors (Lipinski definition) is 2. The summed E-state index contributed by atoms with van der Waals surface area (Å²) < 4.78 is 37.0. The second-order valence-corrected chi connectivity index (χ2v) is 4.15. The Hall–Kier alpha value is -1.63. The molecule has 0 heterocycles. The fourth-order valence-electron chi connectivity index (χ4n) is 1.47. The molecule has 0 saturated carbocycles. The summed E-state index contributed by atoms with van der Waals surface area (Å²) in [6.07, 6.45) is -4.55. The lowest BCUT2D eigenvalue weighted by atomic mass is 10.1. The van der Waals surface area contributed by atoms with Crippen LogP contribution in [0.4, 0.5) is 13.2 Å². The van der Waals surface area contributed by atoms with Crippen LogP contribution in [0.3, 0.4) is 0 Å². The molecule has 1 aromatic carbocycles. The number of hydrogen-bond acceptors (Lipinski definition) is 3. The Labute approximate surface area is 112 Å². The van der Waals surface area contributed by atoms with Gasteiger partial charge in [-0.05, 0) is 12.1 Å². The molecule has 0 saturated heterocycles. The number of carbonyl (C=O) groups is 1. The normalized spacial score (nSPS) is 11.4. The molecule has 0 aliphatic heterocycles. The molecule has 0 aliphatic rings. The minimum atomic E-state index is -4.55. The molecule has 0 radical (unpaired) electrons. The van der Waals surface area contributed by atoms with E-state index in [1.807, 2.05) is 0 Å². The highest BCUT2D eigenvalue weighted by Crippen LogP contribution is 2.23. The highest BCUT2D eigenvalue weighted by atomic mass is 35.5. The van der Waals surface area contributed by atoms with Gasteiger partial charge in [-0.25, -0.2) is 0 Å². The van der Waals surface area contributed by atoms with Gasteiger partial charge in [0.05, 0.1) is 0 Å². The maximum Gasteiger partial charge on any atom is 0.406 e. The number of benzene rings is 1. The molecule has 1 aromatic rings. The highest BCUT2D eigenvalue weighted by molar-refractivity contribution is 6.18. The van der Waals surface area contributed by atoms with Gasteiger partial charge in [0.25, 0.3) is 5.91 Å². The molecule has 0 fully saturated rings. The number of phenolic OH excluding ortho intramolecular Hbond substituents is 2. The van der Waals surface area contributed by atoms with Crippen molar-refractivity contribution in [2.45, 2.75) is 6.18 Å². The van der Waals surface area contributed by atoms with Crippen molar-refractivity contribution in [3.05, 3.63) is 23.8 Å². The second kappa shape index (κ2) is 6.01. The molecule has 2 N–H and O–H groups in total. The third kappa shape index (κ3) is 4.86. The van der Waals surface area contributed by atoms with Gasteiger partial charge in [0, 0.05) is 24.1 Å². The van der Waals surface area contributed by atoms with Crippen LogP contribution in [-0.4, -0.2) is 46.2 Å². The Morgan fingerprint density at radius 3 is 2.16 bits per heavy atom. The molecule has 1 rings (SSSR count). The second-order valence-electron chi connectivity index (χ2n) is 3.77. The lowest BCUT2D eigenvalue weighted by molar-refractivity contribution is -0.140. The van der Waals surface area contributed by atoms with E-state index in [0.29, 0.717) is 4.90 Å². The van der Waals surface area contributed by atoms with Gasteiger partial charge in [-0.2, -0.15) is 13.2 Å². The van der Waals surface area contributed by atoms with Gasteiger partial charge in [-0.1, -0.05) is 0 Å². The number of carbonyl (C=O) groups excluding carboxylic acids is 1. The van der Waals surface area contributed by atoms with Crippen LogP contribution in [-0.2, 0) is 0 Å². The fourth-order valence-corrected chi connectivity index (χ4v) is 1.68. The van der Waals surface area contributed by atoms with Crippen molar-refractivity contribution in [1.82, 2.24) is 4.90 Å². The first kappa shape index (κ1) is 15.4. The third-order valence-electron chi connectivity index (χ3n) is 2.16. The van der Waals surface area contributed by atoms with Crippen molar-refractivity contribution in [1.29, 1.82) is 0 Å². The van der Waals surface area contributed by atoms with Crippen LogP contribution in [0, 0.1) is 0 Å². The molecule has 0 unspecified atom stereocenters. The summed E-state index contributed by atoms with van der Waals surface area (Å²) in [4.78, 5) is 12.4. The van der Waals surface area contributed by atoms with Crippen molar-refractivity contribution >= 4 is 17.5 Å². The lowest BCUT2D eigenvalue weighted by Crippen LogP contribution is -2.40. The van der Waals surface area contributed by atoms with Gasteiger partial charge in [-0.3, -0.25) is 4.79 Å². The standard InChI is InChI=1S/C11H11ClF3NO3/c12-1-2-16(6-11(13,14)15)10(19)7-3-8(17)5-9(18)4-7/h3-5,17-18H,1-2,6H2. The quantitative estimate of drug-likeness (QED) is 0.839. The van der Waals surface area contributed by atoms with Gasteiger partial charge in [0.15, 0.2) is 0 Å². The van der Waals surface area contributed by atoms with Crippen molar-refractivity contribution < 1.29 is 28.2 Å². The van der Waals surface area contributed by atoms with E-state index in [2.05, 4.69) is 0 Å². The Bertz CT molecular complexity index is 445. The molecule has 19 heavy (non-hydrogen) atoms. The van der Waals surface area contributed by atoms with Crippen LogP contribution in [0.1, 0.15) is 10.4 Å². The van der Waals surface area contributed by atoms with Gasteiger partial charge >= 0.3 is 6.18 Å². The number of nitrogens with zero attached hydrogens (tertiary/aromatic N) is 1. The first-order chi connectivity index (χ1) is 8.73. The average molecular weight is 298 g/mol. The van der Waals surface area contributed by atoms with E-state index in [0.717, 1.165) is 18.2 Å². The van der Waals surface area contributed by atoms with E-state index in [1.54, 1.807) is 0 Å². The van der Waals surface area contributed by atoms with Gasteiger partial charge < -0.3 is 15.1 Å². The Kier molecular flexibility index (Phi) is 4.88. The van der Waals surface area contributed by atoms with Crippen molar-refractivity contribution in [2.24, 2.45) is 0 Å². The number of phenols is 2. The summed E-state index contributed by atoms with van der Waals surface area (Å²) in [6, 6.07) is 2.91. The molecule has 106 valence electrons. The summed E-state index contributed by atoms with van der Waals surface area (Å²) in [5.41, 5.74) is -0.244. The first-order valence-corrected chi connectivity index (χ1v) is 5.71. The zero-order valence-corrected chi connectivity index (χ0v) is 10.4. The summed E-state index contributed by atoms with van der Waals surface area (Å²) in [5, 5.41) is 18.4. The molecule has 4 nitrogen and oxygen atoms in total. The molecule has 0 aliphatic carbocycles. The molecule has 0 spiro atoms. The van der Waals surface area contributed by atoms with E-state index in [9.17, 15) is 28.2 Å². The minimum Gasteiger partial charge on any atom is -0.508 e. The van der Waals surface area contributed by atoms with Crippen LogP contribution in [0.15, 0.2) is 18.2 Å². The van der Waals surface area contributed by atoms with E-state index in [1.165, 1.54) is 0 Å². The van der Waals surface area contributed by atoms with Crippen molar-refractivity contribution in [3.8, 4) is 11.5 Å². The van der Waals surface area contributed by atoms with E-state index >= 15 is 0 Å². The van der Waals surface area contributed by atoms with E-state index in [-0.39, 0.29) is 18.0 Å². The largest absolute Gasteiger partial charge is 0.508 e. The monoisotopic (exact) mass is 297 g/mol. The molecule has 1 amide bonds. The summed E-state index contributed by atoms with van der Waals surface area (Å²) >= 11 is 5.36. The molecule has 8 heteroatoms. The maximum absolute atomic E-state index is 12.3. The minimum absolute atomic E-state index is 0.160. The van der Waals surface area contributed by atoms with Crippen molar-refractivity contribution in [2.75, 3.05) is 19.0 Å². The van der Waals surface area contributed by atoms with Crippen LogP contribution in [0.2, 0.25) is 0 Å². The first-order valence-electron chi connectivity index (χ1n) is 5.18. The zero-order chi connectivity index (χ0) is 14.6. The van der Waals surface area contributed by atoms with Crippen LogP contribution < -0.4 is 0 Å². The Balaban J connectivity index is 2.98. The van der Waals surface area contributed by atoms with E-state index < -0.39 is 30.1 Å². The third-order valence-corrected chi connectivity index (χ3v) is 2.33. The predicted molar refractivity (Wildman–Crippen MR) is 62.5 cm³/mol. The summed E-state index contributed by atoms with van der Waals surface area (Å²) in [7, 11) is 0. The molecular weight excluding hydrogens is 287 g/mol. The topological polar surface area (TPSA) is 60.8 Å². The lowest BCUT2D eigenvalue weighted by Gasteiger charge is -2.23. The molecular formula is C11H11ClF3NO3. The van der Waals surface area contributed by atoms with Gasteiger partial charge in [0.2, 0.25) is 0 Å². The SMILES string of the molecule is O=C(c1cc(O)cc(O)c1)N(CCCl)CC(F)(F)F. The van der Waals surface area contributed by atoms with Gasteiger partial charge in [0.1, 0.15) is 18.0 Å². The smallest absolute Gasteiger partial charge is 0.406 e. The predicted octanol–water partition coefficient (Wildman–Crippen LogP) is 2.34. The van der Waals surface area contributed by atoms with Crippen molar-refractivity contribution in [3.63, 3.8) is 0 Å². The highest BCUT2D eigenvalue weighted by Gasteiger charge is 2.33. The maximum atomic E-state index is 12.3. The molecule has 0 aromatic heterocycles. The van der Waals surface area contributed by atoms with Crippen LogP contribution in [0.5, 0.6) is 11.5 Å². The molecule has 0 atom stereocenters. The fraction of sp³-hybridized carbons (Fsp3) is 0.364. The Morgan fingerprint density at radius 1 is 1.21 bits per heavy atom. The van der Waals surface area contributed by atoms with Gasteiger partial charge in [-0.15, -0.1) is 11.6 Å². The van der Waals surface area contributed by atoms with Crippen LogP contribution >= 0.6 is 11.6 Å². The van der Waals surface area contributed by atoms with E-state index in [4.69, 9.17) is 11.6 Å².